The van der Waals surface area contributed by atoms with Gasteiger partial charge in [-0.25, -0.2) is 9.97 Å². The Hall–Kier alpha value is -2.54. The third-order valence-electron chi connectivity index (χ3n) is 4.27. The van der Waals surface area contributed by atoms with Crippen LogP contribution in [0, 0.1) is 6.92 Å². The zero-order valence-corrected chi connectivity index (χ0v) is 13.9. The fourth-order valence-electron chi connectivity index (χ4n) is 3.09. The van der Waals surface area contributed by atoms with Crippen molar-refractivity contribution < 1.29 is 4.74 Å². The number of ether oxygens (including phenoxy) is 1. The molecule has 1 aliphatic rings. The Morgan fingerprint density at radius 3 is 3.00 bits per heavy atom. The van der Waals surface area contributed by atoms with Crippen molar-refractivity contribution in [3.05, 3.63) is 30.1 Å². The average Bonchev–Trinajstić information content (AvgIpc) is 3.22. The molecule has 1 saturated heterocycles. The van der Waals surface area contributed by atoms with E-state index in [2.05, 4.69) is 20.4 Å². The second kappa shape index (κ2) is 6.16. The van der Waals surface area contributed by atoms with Crippen LogP contribution in [-0.2, 0) is 11.8 Å². The van der Waals surface area contributed by atoms with Crippen LogP contribution in [0.4, 0.5) is 5.82 Å². The maximum absolute atomic E-state index is 5.70. The van der Waals surface area contributed by atoms with E-state index in [1.165, 1.54) is 0 Å². The fraction of sp³-hybridized carbons (Fsp3) is 0.412. The lowest BCUT2D eigenvalue weighted by molar-refractivity contribution is 0.120. The number of aromatic nitrogens is 5. The number of rotatable bonds is 4. The maximum atomic E-state index is 5.70. The fourth-order valence-corrected chi connectivity index (χ4v) is 3.09. The topological polar surface area (TPSA) is 77.8 Å². The van der Waals surface area contributed by atoms with Gasteiger partial charge in [-0.1, -0.05) is 6.07 Å². The molecule has 7 heteroatoms. The molecule has 0 spiro atoms. The Bertz CT molecular complexity index is 854. The van der Waals surface area contributed by atoms with Crippen LogP contribution in [0.1, 0.15) is 18.5 Å². The van der Waals surface area contributed by atoms with Gasteiger partial charge < -0.3 is 10.1 Å². The molecule has 0 bridgehead atoms. The molecule has 0 aromatic carbocycles. The van der Waals surface area contributed by atoms with Gasteiger partial charge in [0.2, 0.25) is 0 Å². The Labute approximate surface area is 140 Å². The van der Waals surface area contributed by atoms with Gasteiger partial charge in [0.05, 0.1) is 17.2 Å². The van der Waals surface area contributed by atoms with E-state index in [1.54, 1.807) is 10.9 Å². The molecule has 124 valence electrons. The van der Waals surface area contributed by atoms with Crippen LogP contribution in [0.3, 0.4) is 0 Å². The molecular formula is C17H20N6O. The highest BCUT2D eigenvalue weighted by Gasteiger charge is 2.19. The molecule has 0 radical (unpaired) electrons. The van der Waals surface area contributed by atoms with E-state index in [0.717, 1.165) is 54.2 Å². The number of hydrogen-bond donors (Lipinski definition) is 1. The number of anilines is 1. The summed E-state index contributed by atoms with van der Waals surface area (Å²) in [5.41, 5.74) is 2.46. The first-order valence-corrected chi connectivity index (χ1v) is 8.20. The number of fused-ring (bicyclic) bond motifs is 1. The quantitative estimate of drug-likeness (QED) is 0.793. The molecule has 1 aliphatic heterocycles. The summed E-state index contributed by atoms with van der Waals surface area (Å²) in [6.07, 6.45) is 4.19. The summed E-state index contributed by atoms with van der Waals surface area (Å²) < 4.78 is 7.49. The molecule has 0 aliphatic carbocycles. The number of pyridine rings is 1. The molecule has 7 nitrogen and oxygen atoms in total. The minimum absolute atomic E-state index is 0.241. The molecule has 0 saturated carbocycles. The van der Waals surface area contributed by atoms with E-state index in [0.29, 0.717) is 5.82 Å². The predicted octanol–water partition coefficient (Wildman–Crippen LogP) is 2.32. The van der Waals surface area contributed by atoms with E-state index in [1.807, 2.05) is 32.2 Å². The molecule has 1 fully saturated rings. The SMILES string of the molecule is Cc1nn(C)c2nc(-c3ccccn3)nc(NC[C@@H]3CCCO3)c12. The lowest BCUT2D eigenvalue weighted by Gasteiger charge is -2.13. The van der Waals surface area contributed by atoms with Crippen molar-refractivity contribution in [2.24, 2.45) is 7.05 Å². The molecule has 3 aromatic heterocycles. The molecule has 0 amide bonds. The average molecular weight is 324 g/mol. The number of aryl methyl sites for hydroxylation is 2. The monoisotopic (exact) mass is 324 g/mol. The van der Waals surface area contributed by atoms with Crippen molar-refractivity contribution in [3.63, 3.8) is 0 Å². The van der Waals surface area contributed by atoms with E-state index in [-0.39, 0.29) is 6.10 Å². The minimum Gasteiger partial charge on any atom is -0.376 e. The van der Waals surface area contributed by atoms with Gasteiger partial charge in [0, 0.05) is 26.4 Å². The van der Waals surface area contributed by atoms with Crippen molar-refractivity contribution in [2.75, 3.05) is 18.5 Å². The zero-order valence-electron chi connectivity index (χ0n) is 13.9. The summed E-state index contributed by atoms with van der Waals surface area (Å²) in [7, 11) is 1.90. The highest BCUT2D eigenvalue weighted by molar-refractivity contribution is 5.90. The van der Waals surface area contributed by atoms with Crippen molar-refractivity contribution in [1.29, 1.82) is 0 Å². The molecule has 4 rings (SSSR count). The smallest absolute Gasteiger partial charge is 0.182 e. The van der Waals surface area contributed by atoms with Crippen molar-refractivity contribution >= 4 is 16.9 Å². The maximum Gasteiger partial charge on any atom is 0.182 e. The third kappa shape index (κ3) is 2.71. The molecule has 1 atom stereocenters. The second-order valence-electron chi connectivity index (χ2n) is 6.03. The van der Waals surface area contributed by atoms with E-state index in [4.69, 9.17) is 9.72 Å². The predicted molar refractivity (Wildman–Crippen MR) is 91.7 cm³/mol. The zero-order chi connectivity index (χ0) is 16.5. The molecule has 3 aromatic rings. The minimum atomic E-state index is 0.241. The van der Waals surface area contributed by atoms with Crippen molar-refractivity contribution in [1.82, 2.24) is 24.7 Å². The Morgan fingerprint density at radius 1 is 1.33 bits per heavy atom. The largest absolute Gasteiger partial charge is 0.376 e. The first-order valence-electron chi connectivity index (χ1n) is 8.20. The second-order valence-corrected chi connectivity index (χ2v) is 6.03. The summed E-state index contributed by atoms with van der Waals surface area (Å²) >= 11 is 0. The van der Waals surface area contributed by atoms with E-state index < -0.39 is 0 Å². The number of hydrogen-bond acceptors (Lipinski definition) is 6. The van der Waals surface area contributed by atoms with Crippen LogP contribution < -0.4 is 5.32 Å². The van der Waals surface area contributed by atoms with E-state index in [9.17, 15) is 0 Å². The number of nitrogens with zero attached hydrogens (tertiary/aromatic N) is 5. The summed E-state index contributed by atoms with van der Waals surface area (Å²) in [5, 5.41) is 8.88. The number of nitrogens with one attached hydrogen (secondary N) is 1. The van der Waals surface area contributed by atoms with Crippen molar-refractivity contribution in [3.8, 4) is 11.5 Å². The summed E-state index contributed by atoms with van der Waals surface area (Å²) in [6, 6.07) is 5.73. The van der Waals surface area contributed by atoms with E-state index >= 15 is 0 Å². The van der Waals surface area contributed by atoms with Crippen LogP contribution in [-0.4, -0.2) is 44.0 Å². The van der Waals surface area contributed by atoms with Crippen LogP contribution in [0.5, 0.6) is 0 Å². The Balaban J connectivity index is 1.77. The lowest BCUT2D eigenvalue weighted by atomic mass is 10.2. The summed E-state index contributed by atoms with van der Waals surface area (Å²) in [4.78, 5) is 13.7. The van der Waals surface area contributed by atoms with Gasteiger partial charge in [0.25, 0.3) is 0 Å². The highest BCUT2D eigenvalue weighted by Crippen LogP contribution is 2.26. The molecule has 0 unspecified atom stereocenters. The Kier molecular flexibility index (Phi) is 3.86. The van der Waals surface area contributed by atoms with Gasteiger partial charge >= 0.3 is 0 Å². The summed E-state index contributed by atoms with van der Waals surface area (Å²) in [5.74, 6) is 1.39. The van der Waals surface area contributed by atoms with Crippen LogP contribution in [0.25, 0.3) is 22.6 Å². The van der Waals surface area contributed by atoms with Crippen LogP contribution >= 0.6 is 0 Å². The first kappa shape index (κ1) is 15.0. The molecule has 24 heavy (non-hydrogen) atoms. The van der Waals surface area contributed by atoms with Crippen molar-refractivity contribution in [2.45, 2.75) is 25.9 Å². The Morgan fingerprint density at radius 2 is 2.25 bits per heavy atom. The molecular weight excluding hydrogens is 304 g/mol. The highest BCUT2D eigenvalue weighted by atomic mass is 16.5. The summed E-state index contributed by atoms with van der Waals surface area (Å²) in [6.45, 7) is 3.56. The van der Waals surface area contributed by atoms with Gasteiger partial charge in [-0.2, -0.15) is 5.10 Å². The van der Waals surface area contributed by atoms with Gasteiger partial charge in [-0.15, -0.1) is 0 Å². The standard InChI is InChI=1S/C17H20N6O/c1-11-14-16(19-10-12-6-5-9-24-12)20-15(13-7-3-4-8-18-13)21-17(14)23(2)22-11/h3-4,7-8,12H,5-6,9-10H2,1-2H3,(H,19,20,21)/t12-/m0/s1. The van der Waals surface area contributed by atoms with Gasteiger partial charge in [-0.05, 0) is 31.9 Å². The first-order chi connectivity index (χ1) is 11.7. The lowest BCUT2D eigenvalue weighted by Crippen LogP contribution is -2.19. The molecule has 1 N–H and O–H groups in total. The van der Waals surface area contributed by atoms with Gasteiger partial charge in [-0.3, -0.25) is 9.67 Å². The van der Waals surface area contributed by atoms with Crippen LogP contribution in [0.2, 0.25) is 0 Å². The van der Waals surface area contributed by atoms with Gasteiger partial charge in [0.1, 0.15) is 11.5 Å². The normalized spacial score (nSPS) is 17.5. The third-order valence-corrected chi connectivity index (χ3v) is 4.27. The van der Waals surface area contributed by atoms with Gasteiger partial charge in [0.15, 0.2) is 11.5 Å². The van der Waals surface area contributed by atoms with Crippen LogP contribution in [0.15, 0.2) is 24.4 Å². The molecule has 4 heterocycles.